The first-order valence-corrected chi connectivity index (χ1v) is 9.69. The second-order valence-corrected chi connectivity index (χ2v) is 7.34. The fraction of sp³-hybridized carbons (Fsp3) is 0.333. The Labute approximate surface area is 169 Å². The Morgan fingerprint density at radius 3 is 2.00 bits per heavy atom. The molecule has 0 bridgehead atoms. The molecule has 3 rings (SSSR count). The highest BCUT2D eigenvalue weighted by atomic mass is 35.5. The lowest BCUT2D eigenvalue weighted by molar-refractivity contribution is 0.0980. The molecule has 0 saturated heterocycles. The number of likely N-dealkylation sites (N-methyl/N-ethyl adjacent to an activating group) is 1. The molecule has 0 heterocycles. The summed E-state index contributed by atoms with van der Waals surface area (Å²) in [5.41, 5.74) is 2.66. The van der Waals surface area contributed by atoms with Crippen LogP contribution in [0.2, 0.25) is 0 Å². The number of ketones is 2. The monoisotopic (exact) mass is 401 g/mol. The Bertz CT molecular complexity index is 898. The van der Waals surface area contributed by atoms with Gasteiger partial charge in [-0.15, -0.1) is 11.6 Å². The van der Waals surface area contributed by atoms with Crippen LogP contribution in [0.25, 0.3) is 0 Å². The summed E-state index contributed by atoms with van der Waals surface area (Å²) >= 11 is 5.66. The van der Waals surface area contributed by atoms with Gasteiger partial charge in [0.25, 0.3) is 0 Å². The summed E-state index contributed by atoms with van der Waals surface area (Å²) in [5, 5.41) is 16.1. The van der Waals surface area contributed by atoms with Gasteiger partial charge in [-0.1, -0.05) is 24.3 Å². The summed E-state index contributed by atoms with van der Waals surface area (Å²) in [4.78, 5) is 28.5. The Balaban J connectivity index is 2.04. The number of aliphatic hydroxyl groups excluding tert-OH is 1. The maximum Gasteiger partial charge on any atom is 0.196 e. The number of carbonyl (C=O) groups is 2. The van der Waals surface area contributed by atoms with Crippen molar-refractivity contribution in [3.63, 3.8) is 0 Å². The number of nitrogens with zero attached hydrogens (tertiary/aromatic N) is 1. The Hall–Kier alpha value is -2.41. The van der Waals surface area contributed by atoms with Crippen molar-refractivity contribution in [3.8, 4) is 0 Å². The van der Waals surface area contributed by atoms with Gasteiger partial charge in [0.1, 0.15) is 0 Å². The van der Waals surface area contributed by atoms with Gasteiger partial charge < -0.3 is 20.6 Å². The first-order valence-electron chi connectivity index (χ1n) is 9.16. The minimum atomic E-state index is -0.753. The lowest BCUT2D eigenvalue weighted by Gasteiger charge is -2.24. The summed E-state index contributed by atoms with van der Waals surface area (Å²) in [7, 11) is 3.94. The zero-order valence-electron chi connectivity index (χ0n) is 16.0. The third kappa shape index (κ3) is 4.04. The number of alkyl halides is 1. The molecule has 1 unspecified atom stereocenters. The lowest BCUT2D eigenvalue weighted by Crippen LogP contribution is -2.27. The van der Waals surface area contributed by atoms with E-state index in [1.54, 1.807) is 36.4 Å². The van der Waals surface area contributed by atoms with Crippen LogP contribution < -0.4 is 10.6 Å². The molecule has 0 amide bonds. The molecule has 3 N–H and O–H groups in total. The number of halogens is 1. The highest BCUT2D eigenvalue weighted by molar-refractivity contribution is 6.31. The average molecular weight is 402 g/mol. The van der Waals surface area contributed by atoms with Crippen LogP contribution in [0.5, 0.6) is 0 Å². The zero-order valence-corrected chi connectivity index (χ0v) is 16.7. The predicted octanol–water partition coefficient (Wildman–Crippen LogP) is 2.45. The van der Waals surface area contributed by atoms with E-state index in [9.17, 15) is 14.7 Å². The summed E-state index contributed by atoms with van der Waals surface area (Å²) < 4.78 is 0. The topological polar surface area (TPSA) is 81.7 Å². The maximum atomic E-state index is 13.2. The number of carbonyl (C=O) groups excluding carboxylic acids is 2. The molecule has 1 aliphatic rings. The molecule has 0 fully saturated rings. The third-order valence-electron chi connectivity index (χ3n) is 4.66. The highest BCUT2D eigenvalue weighted by Crippen LogP contribution is 2.36. The molecule has 2 aromatic carbocycles. The number of anilines is 2. The van der Waals surface area contributed by atoms with Gasteiger partial charge in [0.15, 0.2) is 11.6 Å². The molecule has 7 heteroatoms. The summed E-state index contributed by atoms with van der Waals surface area (Å²) in [6.07, 6.45) is -0.753. The lowest BCUT2D eigenvalue weighted by atomic mass is 9.82. The number of aliphatic hydroxyl groups is 1. The number of fused-ring (bicyclic) bond motifs is 2. The highest BCUT2D eigenvalue weighted by Gasteiger charge is 2.33. The molecule has 0 aliphatic heterocycles. The molecular weight excluding hydrogens is 378 g/mol. The van der Waals surface area contributed by atoms with Crippen molar-refractivity contribution >= 4 is 34.5 Å². The molecule has 2 aromatic rings. The summed E-state index contributed by atoms with van der Waals surface area (Å²) in [6, 6.07) is 10.4. The van der Waals surface area contributed by atoms with Crippen LogP contribution in [0, 0.1) is 0 Å². The van der Waals surface area contributed by atoms with Crippen molar-refractivity contribution in [2.75, 3.05) is 50.2 Å². The number of hydrogen-bond donors (Lipinski definition) is 3. The maximum absolute atomic E-state index is 13.2. The Kier molecular flexibility index (Phi) is 6.34. The van der Waals surface area contributed by atoms with Crippen LogP contribution >= 0.6 is 11.6 Å². The summed E-state index contributed by atoms with van der Waals surface area (Å²) in [6.45, 7) is 1.61. The minimum Gasteiger partial charge on any atom is -0.390 e. The van der Waals surface area contributed by atoms with Gasteiger partial charge in [-0.2, -0.15) is 0 Å². The fourth-order valence-electron chi connectivity index (χ4n) is 3.21. The molecule has 1 aliphatic carbocycles. The number of rotatable bonds is 8. The van der Waals surface area contributed by atoms with Crippen molar-refractivity contribution in [2.45, 2.75) is 6.10 Å². The second kappa shape index (κ2) is 8.73. The van der Waals surface area contributed by atoms with E-state index in [0.717, 1.165) is 6.54 Å². The predicted molar refractivity (Wildman–Crippen MR) is 112 cm³/mol. The van der Waals surface area contributed by atoms with Crippen molar-refractivity contribution in [3.05, 3.63) is 58.7 Å². The number of hydrogen-bond acceptors (Lipinski definition) is 6. The molecule has 28 heavy (non-hydrogen) atoms. The normalized spacial score (nSPS) is 13.9. The second-order valence-electron chi connectivity index (χ2n) is 7.03. The average Bonchev–Trinajstić information content (AvgIpc) is 2.70. The van der Waals surface area contributed by atoms with Crippen LogP contribution in [0.3, 0.4) is 0 Å². The van der Waals surface area contributed by atoms with Crippen LogP contribution in [0.4, 0.5) is 11.4 Å². The van der Waals surface area contributed by atoms with E-state index in [1.807, 2.05) is 19.0 Å². The van der Waals surface area contributed by atoms with E-state index in [2.05, 4.69) is 10.6 Å². The third-order valence-corrected chi connectivity index (χ3v) is 5.01. The standard InChI is InChI=1S/C21H24ClN3O3/c1-25(2)10-9-23-16-7-8-17(24-12-13(26)11-22)19-18(16)20(27)14-5-3-4-6-15(14)21(19)28/h3-8,13,23-24,26H,9-12H2,1-2H3. The van der Waals surface area contributed by atoms with E-state index >= 15 is 0 Å². The number of benzene rings is 2. The molecule has 0 spiro atoms. The Morgan fingerprint density at radius 1 is 0.964 bits per heavy atom. The minimum absolute atomic E-state index is 0.0784. The molecule has 0 radical (unpaired) electrons. The first kappa shape index (κ1) is 20.3. The van der Waals surface area contributed by atoms with Crippen LogP contribution in [-0.2, 0) is 0 Å². The number of nitrogens with one attached hydrogen (secondary N) is 2. The van der Waals surface area contributed by atoms with Gasteiger partial charge in [0, 0.05) is 42.1 Å². The smallest absolute Gasteiger partial charge is 0.196 e. The molecule has 1 atom stereocenters. The van der Waals surface area contributed by atoms with Gasteiger partial charge in [-0.25, -0.2) is 0 Å². The zero-order chi connectivity index (χ0) is 20.3. The van der Waals surface area contributed by atoms with Crippen LogP contribution in [-0.4, -0.2) is 67.3 Å². The van der Waals surface area contributed by atoms with E-state index in [-0.39, 0.29) is 24.0 Å². The molecule has 0 aromatic heterocycles. The van der Waals surface area contributed by atoms with Gasteiger partial charge in [0.05, 0.1) is 23.1 Å². The summed E-state index contributed by atoms with van der Waals surface area (Å²) in [5.74, 6) is -0.307. The fourth-order valence-corrected chi connectivity index (χ4v) is 3.32. The van der Waals surface area contributed by atoms with Crippen LogP contribution in [0.1, 0.15) is 31.8 Å². The Morgan fingerprint density at radius 2 is 1.50 bits per heavy atom. The SMILES string of the molecule is CN(C)CCNc1ccc(NCC(O)CCl)c2c1C(=O)c1ccccc1C2=O. The van der Waals surface area contributed by atoms with Gasteiger partial charge in [-0.05, 0) is 26.2 Å². The molecule has 0 saturated carbocycles. The van der Waals surface area contributed by atoms with E-state index < -0.39 is 6.10 Å². The van der Waals surface area contributed by atoms with Gasteiger partial charge in [0.2, 0.25) is 0 Å². The van der Waals surface area contributed by atoms with Crippen molar-refractivity contribution in [1.82, 2.24) is 4.90 Å². The largest absolute Gasteiger partial charge is 0.390 e. The molecule has 148 valence electrons. The van der Waals surface area contributed by atoms with Crippen molar-refractivity contribution < 1.29 is 14.7 Å². The van der Waals surface area contributed by atoms with Gasteiger partial charge in [-0.3, -0.25) is 9.59 Å². The van der Waals surface area contributed by atoms with Crippen molar-refractivity contribution in [1.29, 1.82) is 0 Å². The van der Waals surface area contributed by atoms with Crippen molar-refractivity contribution in [2.24, 2.45) is 0 Å². The molecule has 6 nitrogen and oxygen atoms in total. The van der Waals surface area contributed by atoms with E-state index in [0.29, 0.717) is 40.2 Å². The quantitative estimate of drug-likeness (QED) is 0.503. The van der Waals surface area contributed by atoms with Gasteiger partial charge >= 0.3 is 0 Å². The van der Waals surface area contributed by atoms with E-state index in [1.165, 1.54) is 0 Å². The van der Waals surface area contributed by atoms with Crippen LogP contribution in [0.15, 0.2) is 36.4 Å². The van der Waals surface area contributed by atoms with E-state index in [4.69, 9.17) is 11.6 Å². The molecular formula is C21H24ClN3O3. The first-order chi connectivity index (χ1) is 13.4.